The first kappa shape index (κ1) is 14.4. The van der Waals surface area contributed by atoms with Crippen molar-refractivity contribution in [2.45, 2.75) is 32.7 Å². The van der Waals surface area contributed by atoms with Gasteiger partial charge in [0.15, 0.2) is 14.9 Å². The van der Waals surface area contributed by atoms with Crippen molar-refractivity contribution in [3.63, 3.8) is 0 Å². The Labute approximate surface area is 107 Å². The summed E-state index contributed by atoms with van der Waals surface area (Å²) >= 11 is 4.96. The van der Waals surface area contributed by atoms with Gasteiger partial charge in [0.25, 0.3) is 0 Å². The van der Waals surface area contributed by atoms with Gasteiger partial charge in [-0.3, -0.25) is 4.79 Å². The SMILES string of the molecule is CC(C)CC(=O)NC(=S)NC1CCS(=O)(=O)C1. The zero-order valence-electron chi connectivity index (χ0n) is 10.0. The van der Waals surface area contributed by atoms with Gasteiger partial charge < -0.3 is 10.6 Å². The highest BCUT2D eigenvalue weighted by Gasteiger charge is 2.28. The summed E-state index contributed by atoms with van der Waals surface area (Å²) in [5.74, 6) is 0.406. The molecule has 1 fully saturated rings. The van der Waals surface area contributed by atoms with E-state index in [0.717, 1.165) is 0 Å². The molecule has 5 nitrogen and oxygen atoms in total. The van der Waals surface area contributed by atoms with Gasteiger partial charge >= 0.3 is 0 Å². The molecule has 0 aliphatic carbocycles. The Morgan fingerprint density at radius 2 is 2.12 bits per heavy atom. The van der Waals surface area contributed by atoms with Gasteiger partial charge in [0.2, 0.25) is 5.91 Å². The first-order valence-corrected chi connectivity index (χ1v) is 7.82. The average Bonchev–Trinajstić information content (AvgIpc) is 2.42. The van der Waals surface area contributed by atoms with Crippen molar-refractivity contribution in [1.29, 1.82) is 0 Å². The smallest absolute Gasteiger partial charge is 0.226 e. The molecule has 1 atom stereocenters. The largest absolute Gasteiger partial charge is 0.359 e. The van der Waals surface area contributed by atoms with E-state index in [1.54, 1.807) is 0 Å². The molecule has 1 amide bonds. The third-order valence-electron chi connectivity index (χ3n) is 2.41. The van der Waals surface area contributed by atoms with Crippen LogP contribution in [0, 0.1) is 5.92 Å². The summed E-state index contributed by atoms with van der Waals surface area (Å²) in [6.45, 7) is 3.89. The van der Waals surface area contributed by atoms with Crippen LogP contribution in [0.25, 0.3) is 0 Å². The second-order valence-corrected chi connectivity index (χ2v) is 7.36. The van der Waals surface area contributed by atoms with Crippen LogP contribution < -0.4 is 10.6 Å². The van der Waals surface area contributed by atoms with Crippen LogP contribution in [0.1, 0.15) is 26.7 Å². The molecule has 2 N–H and O–H groups in total. The number of nitrogens with one attached hydrogen (secondary N) is 2. The lowest BCUT2D eigenvalue weighted by Crippen LogP contribution is -2.45. The summed E-state index contributed by atoms with van der Waals surface area (Å²) in [6.07, 6.45) is 0.952. The molecule has 0 aromatic heterocycles. The average molecular weight is 278 g/mol. The van der Waals surface area contributed by atoms with Gasteiger partial charge in [0.1, 0.15) is 0 Å². The topological polar surface area (TPSA) is 75.3 Å². The van der Waals surface area contributed by atoms with Crippen molar-refractivity contribution in [2.24, 2.45) is 5.92 Å². The highest BCUT2D eigenvalue weighted by molar-refractivity contribution is 7.91. The zero-order chi connectivity index (χ0) is 13.1. The van der Waals surface area contributed by atoms with E-state index >= 15 is 0 Å². The van der Waals surface area contributed by atoms with Gasteiger partial charge in [-0.25, -0.2) is 8.42 Å². The minimum absolute atomic E-state index is 0.0905. The van der Waals surface area contributed by atoms with E-state index in [-0.39, 0.29) is 34.5 Å². The molecule has 98 valence electrons. The molecule has 0 spiro atoms. The molecule has 17 heavy (non-hydrogen) atoms. The number of sulfone groups is 1. The molecule has 1 unspecified atom stereocenters. The maximum Gasteiger partial charge on any atom is 0.226 e. The molecule has 1 aliphatic rings. The van der Waals surface area contributed by atoms with Crippen LogP contribution in [-0.4, -0.2) is 37.0 Å². The minimum Gasteiger partial charge on any atom is -0.359 e. The summed E-state index contributed by atoms with van der Waals surface area (Å²) in [6, 6.07) is -0.174. The number of amides is 1. The summed E-state index contributed by atoms with van der Waals surface area (Å²) in [5, 5.41) is 5.63. The molecule has 0 aromatic rings. The van der Waals surface area contributed by atoms with Crippen LogP contribution in [0.5, 0.6) is 0 Å². The highest BCUT2D eigenvalue weighted by Crippen LogP contribution is 2.10. The van der Waals surface area contributed by atoms with Crippen LogP contribution in [0.4, 0.5) is 0 Å². The van der Waals surface area contributed by atoms with E-state index in [0.29, 0.717) is 12.8 Å². The molecule has 1 aliphatic heterocycles. The lowest BCUT2D eigenvalue weighted by molar-refractivity contribution is -0.120. The Balaban J connectivity index is 2.33. The summed E-state index contributed by atoms with van der Waals surface area (Å²) in [7, 11) is -2.92. The summed E-state index contributed by atoms with van der Waals surface area (Å²) in [5.41, 5.74) is 0. The Bertz CT molecular complexity index is 404. The lowest BCUT2D eigenvalue weighted by Gasteiger charge is -2.14. The van der Waals surface area contributed by atoms with Crippen molar-refractivity contribution in [2.75, 3.05) is 11.5 Å². The van der Waals surface area contributed by atoms with Crippen LogP contribution in [0.15, 0.2) is 0 Å². The first-order chi connectivity index (χ1) is 7.78. The third-order valence-corrected chi connectivity index (χ3v) is 4.40. The fourth-order valence-electron chi connectivity index (χ4n) is 1.68. The van der Waals surface area contributed by atoms with Crippen LogP contribution in [0.2, 0.25) is 0 Å². The van der Waals surface area contributed by atoms with Gasteiger partial charge in [0.05, 0.1) is 11.5 Å². The first-order valence-electron chi connectivity index (χ1n) is 5.59. The monoisotopic (exact) mass is 278 g/mol. The number of hydrogen-bond donors (Lipinski definition) is 2. The van der Waals surface area contributed by atoms with Gasteiger partial charge in [-0.15, -0.1) is 0 Å². The Morgan fingerprint density at radius 1 is 1.47 bits per heavy atom. The van der Waals surface area contributed by atoms with Crippen molar-refractivity contribution in [3.8, 4) is 0 Å². The maximum atomic E-state index is 11.4. The molecule has 7 heteroatoms. The van der Waals surface area contributed by atoms with Crippen LogP contribution in [0.3, 0.4) is 0 Å². The quantitative estimate of drug-likeness (QED) is 0.722. The fourth-order valence-corrected chi connectivity index (χ4v) is 3.63. The fraction of sp³-hybridized carbons (Fsp3) is 0.800. The number of hydrogen-bond acceptors (Lipinski definition) is 4. The van der Waals surface area contributed by atoms with E-state index < -0.39 is 9.84 Å². The predicted octanol–water partition coefficient (Wildman–Crippen LogP) is 0.210. The van der Waals surface area contributed by atoms with Crippen molar-refractivity contribution in [1.82, 2.24) is 10.6 Å². The van der Waals surface area contributed by atoms with E-state index in [9.17, 15) is 13.2 Å². The molecule has 0 aromatic carbocycles. The molecule has 1 saturated heterocycles. The number of rotatable bonds is 3. The second-order valence-electron chi connectivity index (χ2n) is 4.72. The molecule has 0 saturated carbocycles. The Morgan fingerprint density at radius 3 is 2.59 bits per heavy atom. The zero-order valence-corrected chi connectivity index (χ0v) is 11.7. The molecule has 0 bridgehead atoms. The lowest BCUT2D eigenvalue weighted by atomic mass is 10.1. The molecule has 0 radical (unpaired) electrons. The number of carbonyl (C=O) groups is 1. The van der Waals surface area contributed by atoms with Gasteiger partial charge in [0, 0.05) is 12.5 Å². The third kappa shape index (κ3) is 5.45. The highest BCUT2D eigenvalue weighted by atomic mass is 32.2. The summed E-state index contributed by atoms with van der Waals surface area (Å²) < 4.78 is 22.4. The van der Waals surface area contributed by atoms with Gasteiger partial charge in [-0.05, 0) is 24.6 Å². The van der Waals surface area contributed by atoms with Crippen molar-refractivity contribution in [3.05, 3.63) is 0 Å². The maximum absolute atomic E-state index is 11.4. The van der Waals surface area contributed by atoms with E-state index in [1.807, 2.05) is 13.8 Å². The Kier molecular flexibility index (Phi) is 4.88. The van der Waals surface area contributed by atoms with Crippen LogP contribution in [-0.2, 0) is 14.6 Å². The van der Waals surface area contributed by atoms with Gasteiger partial charge in [-0.1, -0.05) is 13.8 Å². The van der Waals surface area contributed by atoms with E-state index in [4.69, 9.17) is 12.2 Å². The van der Waals surface area contributed by atoms with Crippen molar-refractivity contribution < 1.29 is 13.2 Å². The van der Waals surface area contributed by atoms with Crippen molar-refractivity contribution >= 4 is 33.1 Å². The van der Waals surface area contributed by atoms with Crippen LogP contribution >= 0.6 is 12.2 Å². The Hall–Kier alpha value is -0.690. The molecular weight excluding hydrogens is 260 g/mol. The standard InChI is InChI=1S/C10H18N2O3S2/c1-7(2)5-9(13)12-10(16)11-8-3-4-17(14,15)6-8/h7-8H,3-6H2,1-2H3,(H2,11,12,13,16). The van der Waals surface area contributed by atoms with Gasteiger partial charge in [-0.2, -0.15) is 0 Å². The number of carbonyl (C=O) groups excluding carboxylic acids is 1. The minimum atomic E-state index is -2.92. The normalized spacial score (nSPS) is 22.4. The molecular formula is C10H18N2O3S2. The van der Waals surface area contributed by atoms with E-state index in [2.05, 4.69) is 10.6 Å². The molecule has 1 rings (SSSR count). The number of thiocarbonyl (C=S) groups is 1. The van der Waals surface area contributed by atoms with E-state index in [1.165, 1.54) is 0 Å². The second kappa shape index (κ2) is 5.77. The molecule has 1 heterocycles. The summed E-state index contributed by atoms with van der Waals surface area (Å²) in [4.78, 5) is 11.4. The predicted molar refractivity (Wildman–Crippen MR) is 70.4 cm³/mol.